The summed E-state index contributed by atoms with van der Waals surface area (Å²) in [7, 11) is 1.32. The Labute approximate surface area is 125 Å². The number of nitriles is 1. The van der Waals surface area contributed by atoms with Crippen LogP contribution in [0.4, 0.5) is 4.39 Å². The Morgan fingerprint density at radius 3 is 2.57 bits per heavy atom. The Bertz CT molecular complexity index is 822. The Hall–Kier alpha value is -2.32. The van der Waals surface area contributed by atoms with Crippen molar-refractivity contribution >= 4 is 11.6 Å². The van der Waals surface area contributed by atoms with Gasteiger partial charge in [0.15, 0.2) is 11.6 Å². The number of pyridine rings is 1. The second kappa shape index (κ2) is 5.58. The van der Waals surface area contributed by atoms with Gasteiger partial charge in [-0.15, -0.1) is 0 Å². The van der Waals surface area contributed by atoms with E-state index in [1.54, 1.807) is 19.9 Å². The quantitative estimate of drug-likeness (QED) is 0.925. The van der Waals surface area contributed by atoms with Crippen LogP contribution < -0.4 is 10.3 Å². The molecule has 1 aromatic carbocycles. The topological polar surface area (TPSA) is 65.9 Å². The van der Waals surface area contributed by atoms with Crippen molar-refractivity contribution < 1.29 is 9.13 Å². The molecule has 21 heavy (non-hydrogen) atoms. The van der Waals surface area contributed by atoms with Crippen LogP contribution in [0.2, 0.25) is 5.02 Å². The predicted molar refractivity (Wildman–Crippen MR) is 78.2 cm³/mol. The van der Waals surface area contributed by atoms with Crippen LogP contribution in [0.25, 0.3) is 11.1 Å². The summed E-state index contributed by atoms with van der Waals surface area (Å²) < 4.78 is 18.9. The number of aryl methyl sites for hydroxylation is 1. The van der Waals surface area contributed by atoms with Crippen molar-refractivity contribution in [3.63, 3.8) is 0 Å². The lowest BCUT2D eigenvalue weighted by Gasteiger charge is -2.13. The zero-order chi connectivity index (χ0) is 15.7. The number of nitrogens with one attached hydrogen (secondary N) is 1. The van der Waals surface area contributed by atoms with E-state index >= 15 is 0 Å². The summed E-state index contributed by atoms with van der Waals surface area (Å²) in [4.78, 5) is 14.4. The first-order valence-corrected chi connectivity index (χ1v) is 6.45. The lowest BCUT2D eigenvalue weighted by molar-refractivity contribution is 0.386. The van der Waals surface area contributed by atoms with E-state index in [2.05, 4.69) is 4.98 Å². The first-order chi connectivity index (χ1) is 9.90. The molecule has 0 atom stereocenters. The molecule has 4 nitrogen and oxygen atoms in total. The maximum atomic E-state index is 14.0. The number of benzene rings is 1. The lowest BCUT2D eigenvalue weighted by Crippen LogP contribution is -2.13. The molecular formula is C15H12ClFN2O2. The maximum absolute atomic E-state index is 14.0. The van der Waals surface area contributed by atoms with Gasteiger partial charge in [-0.25, -0.2) is 4.39 Å². The van der Waals surface area contributed by atoms with Crippen molar-refractivity contribution in [2.45, 2.75) is 13.8 Å². The van der Waals surface area contributed by atoms with Crippen LogP contribution in [0.15, 0.2) is 16.9 Å². The number of H-pyrrole nitrogens is 1. The normalized spacial score (nSPS) is 10.3. The third-order valence-corrected chi connectivity index (χ3v) is 3.65. The van der Waals surface area contributed by atoms with Gasteiger partial charge in [0.05, 0.1) is 12.1 Å². The number of aromatic amines is 1. The standard InChI is InChI=1S/C15H12ClFN2O2/c1-7-4-10(11(6-18)15(20)19-7)9-5-12(17)14(21-3)13(16)8(9)2/h4-5H,1-3H3,(H,19,20). The van der Waals surface area contributed by atoms with E-state index in [-0.39, 0.29) is 16.3 Å². The summed E-state index contributed by atoms with van der Waals surface area (Å²) in [6.45, 7) is 3.36. The van der Waals surface area contributed by atoms with E-state index in [4.69, 9.17) is 21.6 Å². The number of ether oxygens (including phenoxy) is 1. The van der Waals surface area contributed by atoms with Crippen LogP contribution in [0.3, 0.4) is 0 Å². The predicted octanol–water partition coefficient (Wildman–Crippen LogP) is 3.33. The third kappa shape index (κ3) is 2.50. The van der Waals surface area contributed by atoms with Gasteiger partial charge in [-0.1, -0.05) is 11.6 Å². The second-order valence-corrected chi connectivity index (χ2v) is 4.94. The highest BCUT2D eigenvalue weighted by Crippen LogP contribution is 2.38. The van der Waals surface area contributed by atoms with Crippen LogP contribution in [0.1, 0.15) is 16.8 Å². The average molecular weight is 307 g/mol. The lowest BCUT2D eigenvalue weighted by atomic mass is 9.96. The summed E-state index contributed by atoms with van der Waals surface area (Å²) in [5.41, 5.74) is 1.25. The molecular weight excluding hydrogens is 295 g/mol. The van der Waals surface area contributed by atoms with Crippen molar-refractivity contribution in [1.29, 1.82) is 5.26 Å². The fourth-order valence-electron chi connectivity index (χ4n) is 2.17. The third-order valence-electron chi connectivity index (χ3n) is 3.19. The molecule has 1 aromatic heterocycles. The smallest absolute Gasteiger partial charge is 0.266 e. The molecule has 0 amide bonds. The molecule has 0 bridgehead atoms. The summed E-state index contributed by atoms with van der Waals surface area (Å²) >= 11 is 6.09. The Balaban J connectivity index is 2.87. The summed E-state index contributed by atoms with van der Waals surface area (Å²) in [6.07, 6.45) is 0. The highest BCUT2D eigenvalue weighted by molar-refractivity contribution is 6.33. The van der Waals surface area contributed by atoms with Crippen molar-refractivity contribution in [1.82, 2.24) is 4.98 Å². The van der Waals surface area contributed by atoms with Gasteiger partial charge in [0, 0.05) is 11.3 Å². The number of hydrogen-bond acceptors (Lipinski definition) is 3. The largest absolute Gasteiger partial charge is 0.492 e. The maximum Gasteiger partial charge on any atom is 0.266 e. The number of aromatic nitrogens is 1. The molecule has 0 unspecified atom stereocenters. The van der Waals surface area contributed by atoms with Crippen LogP contribution in [0.5, 0.6) is 5.75 Å². The minimum atomic E-state index is -0.648. The van der Waals surface area contributed by atoms with Crippen molar-refractivity contribution in [3.05, 3.63) is 50.1 Å². The number of nitrogens with zero attached hydrogens (tertiary/aromatic N) is 1. The fraction of sp³-hybridized carbons (Fsp3) is 0.200. The number of halogens is 2. The minimum absolute atomic E-state index is 0.0574. The Kier molecular flexibility index (Phi) is 4.01. The van der Waals surface area contributed by atoms with E-state index < -0.39 is 11.4 Å². The van der Waals surface area contributed by atoms with Crippen molar-refractivity contribution in [2.75, 3.05) is 7.11 Å². The number of hydrogen-bond donors (Lipinski definition) is 1. The van der Waals surface area contributed by atoms with Gasteiger partial charge in [0.25, 0.3) is 5.56 Å². The molecule has 0 fully saturated rings. The van der Waals surface area contributed by atoms with Gasteiger partial charge < -0.3 is 9.72 Å². The first kappa shape index (κ1) is 15.1. The molecule has 0 aliphatic carbocycles. The average Bonchev–Trinajstić information content (AvgIpc) is 2.42. The summed E-state index contributed by atoms with van der Waals surface area (Å²) in [5.74, 6) is -0.706. The van der Waals surface area contributed by atoms with Gasteiger partial charge in [-0.3, -0.25) is 4.79 Å². The molecule has 0 radical (unpaired) electrons. The first-order valence-electron chi connectivity index (χ1n) is 6.07. The highest BCUT2D eigenvalue weighted by atomic mass is 35.5. The van der Waals surface area contributed by atoms with E-state index in [1.807, 2.05) is 6.07 Å². The van der Waals surface area contributed by atoms with Crippen LogP contribution in [-0.4, -0.2) is 12.1 Å². The molecule has 0 aliphatic rings. The molecule has 2 aromatic rings. The van der Waals surface area contributed by atoms with Gasteiger partial charge in [0.2, 0.25) is 0 Å². The molecule has 0 saturated heterocycles. The molecule has 1 heterocycles. The Morgan fingerprint density at radius 2 is 2.00 bits per heavy atom. The van der Waals surface area contributed by atoms with Crippen LogP contribution in [-0.2, 0) is 0 Å². The number of methoxy groups -OCH3 is 1. The molecule has 1 N–H and O–H groups in total. The second-order valence-electron chi connectivity index (χ2n) is 4.56. The zero-order valence-corrected chi connectivity index (χ0v) is 12.4. The molecule has 0 aliphatic heterocycles. The van der Waals surface area contributed by atoms with Crippen molar-refractivity contribution in [3.8, 4) is 22.9 Å². The summed E-state index contributed by atoms with van der Waals surface area (Å²) in [6, 6.07) is 4.68. The minimum Gasteiger partial charge on any atom is -0.492 e. The van der Waals surface area contributed by atoms with E-state index in [1.165, 1.54) is 13.2 Å². The van der Waals surface area contributed by atoms with Crippen LogP contribution >= 0.6 is 11.6 Å². The van der Waals surface area contributed by atoms with Gasteiger partial charge >= 0.3 is 0 Å². The van der Waals surface area contributed by atoms with Crippen LogP contribution in [0, 0.1) is 31.0 Å². The molecule has 2 rings (SSSR count). The SMILES string of the molecule is COc1c(F)cc(-c2cc(C)[nH]c(=O)c2C#N)c(C)c1Cl. The van der Waals surface area contributed by atoms with E-state index in [0.29, 0.717) is 22.4 Å². The van der Waals surface area contributed by atoms with E-state index in [0.717, 1.165) is 0 Å². The van der Waals surface area contributed by atoms with Gasteiger partial charge in [0.1, 0.15) is 11.6 Å². The van der Waals surface area contributed by atoms with Gasteiger partial charge in [-0.05, 0) is 37.1 Å². The monoisotopic (exact) mass is 306 g/mol. The number of rotatable bonds is 2. The zero-order valence-electron chi connectivity index (χ0n) is 11.7. The summed E-state index contributed by atoms with van der Waals surface area (Å²) in [5, 5.41) is 9.28. The molecule has 6 heteroatoms. The highest BCUT2D eigenvalue weighted by Gasteiger charge is 2.19. The molecule has 108 valence electrons. The Morgan fingerprint density at radius 1 is 1.33 bits per heavy atom. The van der Waals surface area contributed by atoms with E-state index in [9.17, 15) is 9.18 Å². The molecule has 0 saturated carbocycles. The fourth-order valence-corrected chi connectivity index (χ4v) is 2.44. The van der Waals surface area contributed by atoms with Gasteiger partial charge in [-0.2, -0.15) is 5.26 Å². The molecule has 0 spiro atoms. The van der Waals surface area contributed by atoms with Crippen molar-refractivity contribution in [2.24, 2.45) is 0 Å².